The van der Waals surface area contributed by atoms with Crippen LogP contribution in [-0.2, 0) is 9.47 Å². The minimum Gasteiger partial charge on any atom is -0.444 e. The number of hydrogen-bond acceptors (Lipinski definition) is 5. The monoisotopic (exact) mass is 309 g/mol. The Hall–Kier alpha value is -1.86. The quantitative estimate of drug-likeness (QED) is 0.909. The number of ether oxygens (including phenoxy) is 2. The number of benzene rings is 1. The molecule has 1 aromatic rings. The molecule has 1 amide bonds. The molecule has 7 heteroatoms. The summed E-state index contributed by atoms with van der Waals surface area (Å²) in [6.45, 7) is 3.39. The topological polar surface area (TPSA) is 68.0 Å². The molecule has 2 aliphatic heterocycles. The summed E-state index contributed by atoms with van der Waals surface area (Å²) in [6.07, 6.45) is -0.0622. The first-order valence-electron chi connectivity index (χ1n) is 7.49. The van der Waals surface area contributed by atoms with Crippen molar-refractivity contribution in [3.63, 3.8) is 0 Å². The molecule has 0 unspecified atom stereocenters. The van der Waals surface area contributed by atoms with Gasteiger partial charge in [0.1, 0.15) is 11.9 Å². The van der Waals surface area contributed by atoms with Gasteiger partial charge in [0.2, 0.25) is 0 Å². The van der Waals surface area contributed by atoms with Crippen molar-refractivity contribution in [2.24, 2.45) is 5.73 Å². The fraction of sp³-hybridized carbons (Fsp3) is 0.533. The predicted octanol–water partition coefficient (Wildman–Crippen LogP) is 1.34. The lowest BCUT2D eigenvalue weighted by Crippen LogP contribution is -2.36. The molecule has 2 N–H and O–H groups in total. The molecule has 0 bridgehead atoms. The molecule has 2 fully saturated rings. The van der Waals surface area contributed by atoms with Gasteiger partial charge in [-0.05, 0) is 31.2 Å². The van der Waals surface area contributed by atoms with Crippen LogP contribution in [0.1, 0.15) is 6.42 Å². The van der Waals surface area contributed by atoms with Crippen LogP contribution in [0.5, 0.6) is 0 Å². The largest absolute Gasteiger partial charge is 0.444 e. The Balaban J connectivity index is 1.75. The van der Waals surface area contributed by atoms with Crippen LogP contribution in [-0.4, -0.2) is 51.6 Å². The second-order valence-electron chi connectivity index (χ2n) is 5.43. The van der Waals surface area contributed by atoms with Gasteiger partial charge in [0.15, 0.2) is 0 Å². The second kappa shape index (κ2) is 6.50. The number of nitrogens with zero attached hydrogens (tertiary/aromatic N) is 2. The third kappa shape index (κ3) is 3.00. The minimum absolute atomic E-state index is 0.223. The molecule has 2 aliphatic rings. The summed E-state index contributed by atoms with van der Waals surface area (Å²) in [6, 6.07) is 4.84. The van der Waals surface area contributed by atoms with Crippen LogP contribution >= 0.6 is 0 Å². The third-order valence-corrected chi connectivity index (χ3v) is 3.96. The SMILES string of the molecule is NCC[C@H]1CN(c2ccc(N3CCOCC3)c(F)c2)C(=O)O1. The number of halogens is 1. The Morgan fingerprint density at radius 2 is 2.09 bits per heavy atom. The van der Waals surface area contributed by atoms with Gasteiger partial charge in [-0.25, -0.2) is 9.18 Å². The number of carbonyl (C=O) groups is 1. The van der Waals surface area contributed by atoms with Gasteiger partial charge in [0.05, 0.1) is 31.1 Å². The number of amides is 1. The highest BCUT2D eigenvalue weighted by Gasteiger charge is 2.32. The molecule has 0 saturated carbocycles. The molecule has 0 radical (unpaired) electrons. The molecule has 120 valence electrons. The summed E-state index contributed by atoms with van der Waals surface area (Å²) in [7, 11) is 0. The van der Waals surface area contributed by atoms with Crippen LogP contribution < -0.4 is 15.5 Å². The van der Waals surface area contributed by atoms with Gasteiger partial charge in [0, 0.05) is 13.1 Å². The van der Waals surface area contributed by atoms with Crippen LogP contribution in [0.4, 0.5) is 20.6 Å². The molecule has 3 rings (SSSR count). The normalized spacial score (nSPS) is 22.1. The van der Waals surface area contributed by atoms with Crippen molar-refractivity contribution in [2.45, 2.75) is 12.5 Å². The fourth-order valence-electron chi connectivity index (χ4n) is 2.79. The molecule has 0 aliphatic carbocycles. The van der Waals surface area contributed by atoms with Crippen molar-refractivity contribution in [3.05, 3.63) is 24.0 Å². The van der Waals surface area contributed by atoms with Crippen LogP contribution in [0.25, 0.3) is 0 Å². The zero-order chi connectivity index (χ0) is 15.5. The molecular weight excluding hydrogens is 289 g/mol. The van der Waals surface area contributed by atoms with E-state index in [9.17, 15) is 9.18 Å². The van der Waals surface area contributed by atoms with E-state index in [2.05, 4.69) is 0 Å². The van der Waals surface area contributed by atoms with E-state index in [-0.39, 0.29) is 11.9 Å². The zero-order valence-corrected chi connectivity index (χ0v) is 12.3. The maximum absolute atomic E-state index is 14.4. The molecular formula is C15H20FN3O3. The predicted molar refractivity (Wildman–Crippen MR) is 80.7 cm³/mol. The smallest absolute Gasteiger partial charge is 0.414 e. The van der Waals surface area contributed by atoms with Crippen molar-refractivity contribution < 1.29 is 18.7 Å². The van der Waals surface area contributed by atoms with Crippen LogP contribution in [0, 0.1) is 5.82 Å². The van der Waals surface area contributed by atoms with Gasteiger partial charge in [-0.2, -0.15) is 0 Å². The van der Waals surface area contributed by atoms with E-state index in [4.69, 9.17) is 15.2 Å². The summed E-state index contributed by atoms with van der Waals surface area (Å²) in [5.74, 6) is -0.338. The van der Waals surface area contributed by atoms with E-state index in [1.54, 1.807) is 12.1 Å². The molecule has 0 aromatic heterocycles. The summed E-state index contributed by atoms with van der Waals surface area (Å²) in [5.41, 5.74) is 6.53. The first-order valence-corrected chi connectivity index (χ1v) is 7.49. The number of morpholine rings is 1. The second-order valence-corrected chi connectivity index (χ2v) is 5.43. The standard InChI is InChI=1S/C15H20FN3O3/c16-13-9-11(19-10-12(3-4-17)22-15(19)20)1-2-14(13)18-5-7-21-8-6-18/h1-2,9,12H,3-8,10,17H2/t12-/m0/s1. The highest BCUT2D eigenvalue weighted by Crippen LogP contribution is 2.28. The van der Waals surface area contributed by atoms with E-state index in [1.807, 2.05) is 4.90 Å². The van der Waals surface area contributed by atoms with E-state index in [0.29, 0.717) is 57.2 Å². The number of cyclic esters (lactones) is 1. The lowest BCUT2D eigenvalue weighted by molar-refractivity contribution is 0.122. The lowest BCUT2D eigenvalue weighted by atomic mass is 10.2. The molecule has 2 heterocycles. The number of nitrogens with two attached hydrogens (primary N) is 1. The maximum Gasteiger partial charge on any atom is 0.414 e. The van der Waals surface area contributed by atoms with Gasteiger partial charge >= 0.3 is 6.09 Å². The molecule has 0 spiro atoms. The molecule has 1 atom stereocenters. The number of rotatable bonds is 4. The summed E-state index contributed by atoms with van der Waals surface area (Å²) >= 11 is 0. The highest BCUT2D eigenvalue weighted by molar-refractivity contribution is 5.90. The Kier molecular flexibility index (Phi) is 4.44. The molecule has 2 saturated heterocycles. The van der Waals surface area contributed by atoms with Crippen LogP contribution in [0.15, 0.2) is 18.2 Å². The average Bonchev–Trinajstić information content (AvgIpc) is 2.89. The van der Waals surface area contributed by atoms with Gasteiger partial charge in [0.25, 0.3) is 0 Å². The van der Waals surface area contributed by atoms with Crippen molar-refractivity contribution in [2.75, 3.05) is 49.2 Å². The van der Waals surface area contributed by atoms with E-state index in [1.165, 1.54) is 11.0 Å². The molecule has 6 nitrogen and oxygen atoms in total. The van der Waals surface area contributed by atoms with Crippen molar-refractivity contribution in [1.29, 1.82) is 0 Å². The molecule has 22 heavy (non-hydrogen) atoms. The Morgan fingerprint density at radius 3 is 2.77 bits per heavy atom. The van der Waals surface area contributed by atoms with Crippen molar-refractivity contribution in [1.82, 2.24) is 0 Å². The van der Waals surface area contributed by atoms with E-state index in [0.717, 1.165) is 0 Å². The Labute approximate surface area is 128 Å². The maximum atomic E-state index is 14.4. The zero-order valence-electron chi connectivity index (χ0n) is 12.3. The minimum atomic E-state index is -0.447. The average molecular weight is 309 g/mol. The van der Waals surface area contributed by atoms with E-state index < -0.39 is 6.09 Å². The van der Waals surface area contributed by atoms with Crippen LogP contribution in [0.2, 0.25) is 0 Å². The Bertz CT molecular complexity index is 549. The summed E-state index contributed by atoms with van der Waals surface area (Å²) in [5, 5.41) is 0. The van der Waals surface area contributed by atoms with E-state index >= 15 is 0 Å². The third-order valence-electron chi connectivity index (χ3n) is 3.96. The first-order chi connectivity index (χ1) is 10.7. The lowest BCUT2D eigenvalue weighted by Gasteiger charge is -2.29. The van der Waals surface area contributed by atoms with Gasteiger partial charge in [-0.15, -0.1) is 0 Å². The summed E-state index contributed by atoms with van der Waals surface area (Å²) in [4.78, 5) is 15.3. The number of carbonyl (C=O) groups excluding carboxylic acids is 1. The Morgan fingerprint density at radius 1 is 1.32 bits per heavy atom. The number of anilines is 2. The highest BCUT2D eigenvalue weighted by atomic mass is 19.1. The van der Waals surface area contributed by atoms with Crippen LogP contribution in [0.3, 0.4) is 0 Å². The van der Waals surface area contributed by atoms with Gasteiger partial charge < -0.3 is 20.1 Å². The van der Waals surface area contributed by atoms with Gasteiger partial charge in [-0.1, -0.05) is 0 Å². The van der Waals surface area contributed by atoms with Crippen molar-refractivity contribution in [3.8, 4) is 0 Å². The van der Waals surface area contributed by atoms with Gasteiger partial charge in [-0.3, -0.25) is 4.90 Å². The molecule has 1 aromatic carbocycles. The first kappa shape index (κ1) is 15.1. The summed E-state index contributed by atoms with van der Waals surface area (Å²) < 4.78 is 24.9. The number of hydrogen-bond donors (Lipinski definition) is 1. The fourth-order valence-corrected chi connectivity index (χ4v) is 2.79. The van der Waals surface area contributed by atoms with Crippen molar-refractivity contribution >= 4 is 17.5 Å².